The molecule has 0 amide bonds. The number of unbranched alkanes of at least 4 members (excludes halogenated alkanes) is 12. The maximum atomic E-state index is 11.9. The molecule has 1 aromatic rings. The number of benzene rings is 1. The number of rotatable bonds is 16. The van der Waals surface area contributed by atoms with Crippen LogP contribution in [-0.2, 0) is 14.3 Å². The molecule has 0 bridgehead atoms. The average molecular weight is 592 g/mol. The minimum atomic E-state index is -3.58. The van der Waals surface area contributed by atoms with E-state index in [9.17, 15) is 8.42 Å². The average Bonchev–Trinajstić information content (AvgIpc) is 2.63. The summed E-state index contributed by atoms with van der Waals surface area (Å²) in [6.45, 7) is 2.54. The van der Waals surface area contributed by atoms with Gasteiger partial charge in [0, 0.05) is 49.9 Å². The van der Waals surface area contributed by atoms with E-state index in [1.807, 2.05) is 0 Å². The van der Waals surface area contributed by atoms with Gasteiger partial charge >= 0.3 is 0 Å². The van der Waals surface area contributed by atoms with Crippen LogP contribution < -0.4 is 0 Å². The van der Waals surface area contributed by atoms with Gasteiger partial charge in [-0.15, -0.1) is 0 Å². The summed E-state index contributed by atoms with van der Waals surface area (Å²) in [6.07, 6.45) is 16.6. The van der Waals surface area contributed by atoms with E-state index in [2.05, 4.69) is 6.92 Å². The minimum Gasteiger partial charge on any atom is -0.266 e. The van der Waals surface area contributed by atoms with Crippen LogP contribution in [0.25, 0.3) is 0 Å². The first kappa shape index (κ1) is 26.7. The summed E-state index contributed by atoms with van der Waals surface area (Å²) < 4.78 is 28.9. The minimum absolute atomic E-state index is 0. The van der Waals surface area contributed by atoms with E-state index in [-0.39, 0.29) is 61.4 Å². The Morgan fingerprint density at radius 2 is 1.12 bits per heavy atom. The van der Waals surface area contributed by atoms with E-state index >= 15 is 0 Å². The maximum Gasteiger partial charge on any atom is 0.296 e. The van der Waals surface area contributed by atoms with E-state index in [0.717, 1.165) is 12.8 Å². The zero-order valence-electron chi connectivity index (χ0n) is 16.9. The van der Waals surface area contributed by atoms with Crippen molar-refractivity contribution in [2.24, 2.45) is 0 Å². The Morgan fingerprint density at radius 1 is 0.692 bits per heavy atom. The molecule has 0 aliphatic rings. The molecule has 0 aromatic heterocycles. The van der Waals surface area contributed by atoms with Gasteiger partial charge in [-0.1, -0.05) is 102 Å². The monoisotopic (exact) mass is 591 g/mol. The van der Waals surface area contributed by atoms with Crippen LogP contribution in [0.5, 0.6) is 0 Å². The van der Waals surface area contributed by atoms with Crippen molar-refractivity contribution in [3.63, 3.8) is 0 Å². The van der Waals surface area contributed by atoms with Crippen LogP contribution in [0, 0.1) is 49.9 Å². The normalized spacial score (nSPS) is 11.3. The SMILES string of the molecule is CCCCCCCCCCCCCCCOS(=O)(=O)c1ccccc1.[Fr]. The molecule has 1 radical (unpaired) electrons. The van der Waals surface area contributed by atoms with Crippen LogP contribution in [0.15, 0.2) is 35.2 Å². The second kappa shape index (κ2) is 17.8. The van der Waals surface area contributed by atoms with E-state index in [1.54, 1.807) is 30.3 Å². The van der Waals surface area contributed by atoms with Crippen LogP contribution in [0.1, 0.15) is 90.4 Å². The molecule has 0 N–H and O–H groups in total. The van der Waals surface area contributed by atoms with Crippen LogP contribution in [0.4, 0.5) is 0 Å². The molecule has 1 rings (SSSR count). The molecule has 0 saturated heterocycles. The molecular formula is C21H36FrO3S. The smallest absolute Gasteiger partial charge is 0.266 e. The van der Waals surface area contributed by atoms with Crippen molar-refractivity contribution in [2.75, 3.05) is 6.61 Å². The van der Waals surface area contributed by atoms with Gasteiger partial charge in [0.05, 0.1) is 11.5 Å². The Morgan fingerprint density at radius 3 is 1.58 bits per heavy atom. The first-order valence-electron chi connectivity index (χ1n) is 10.1. The summed E-state index contributed by atoms with van der Waals surface area (Å²) >= 11 is 0. The fourth-order valence-electron chi connectivity index (χ4n) is 2.94. The zero-order chi connectivity index (χ0) is 18.2. The van der Waals surface area contributed by atoms with Gasteiger partial charge in [-0.3, -0.25) is 4.18 Å². The summed E-state index contributed by atoms with van der Waals surface area (Å²) in [7, 11) is -3.58. The Bertz CT molecular complexity index is 517. The Hall–Kier alpha value is 0.727. The molecule has 145 valence electrons. The molecule has 0 atom stereocenters. The molecule has 1 aromatic carbocycles. The molecule has 0 saturated carbocycles. The van der Waals surface area contributed by atoms with Gasteiger partial charge in [0.15, 0.2) is 0 Å². The van der Waals surface area contributed by atoms with Gasteiger partial charge in [0.25, 0.3) is 10.1 Å². The van der Waals surface area contributed by atoms with E-state index < -0.39 is 10.1 Å². The summed E-state index contributed by atoms with van der Waals surface area (Å²) in [5, 5.41) is 0. The second-order valence-corrected chi connectivity index (χ2v) is 8.45. The molecule has 3 nitrogen and oxygen atoms in total. The molecule has 0 aliphatic heterocycles. The third-order valence-corrected chi connectivity index (χ3v) is 5.84. The molecule has 0 spiro atoms. The van der Waals surface area contributed by atoms with Crippen LogP contribution in [0.2, 0.25) is 0 Å². The van der Waals surface area contributed by atoms with E-state index in [0.29, 0.717) is 0 Å². The van der Waals surface area contributed by atoms with E-state index in [4.69, 9.17) is 4.18 Å². The van der Waals surface area contributed by atoms with Gasteiger partial charge in [-0.25, -0.2) is 0 Å². The number of hydrogen-bond donors (Lipinski definition) is 0. The van der Waals surface area contributed by atoms with Gasteiger partial charge < -0.3 is 0 Å². The van der Waals surface area contributed by atoms with Crippen molar-refractivity contribution in [2.45, 2.75) is 95.3 Å². The summed E-state index contributed by atoms with van der Waals surface area (Å²) in [5.41, 5.74) is 0. The molecule has 0 fully saturated rings. The quantitative estimate of drug-likeness (QED) is 0.163. The van der Waals surface area contributed by atoms with Crippen LogP contribution >= 0.6 is 0 Å². The van der Waals surface area contributed by atoms with Crippen LogP contribution in [0.3, 0.4) is 0 Å². The fourth-order valence-corrected chi connectivity index (χ4v) is 3.91. The zero-order valence-corrected chi connectivity index (χ0v) is 26.0. The number of hydrogen-bond acceptors (Lipinski definition) is 3. The predicted molar refractivity (Wildman–Crippen MR) is 105 cm³/mol. The first-order chi connectivity index (χ1) is 12.2. The van der Waals surface area contributed by atoms with Crippen molar-refractivity contribution < 1.29 is 62.5 Å². The third kappa shape index (κ3) is 13.8. The molecule has 26 heavy (non-hydrogen) atoms. The van der Waals surface area contributed by atoms with Crippen molar-refractivity contribution in [3.05, 3.63) is 30.3 Å². The topological polar surface area (TPSA) is 43.4 Å². The molecular weight excluding hydrogens is 555 g/mol. The van der Waals surface area contributed by atoms with Crippen molar-refractivity contribution >= 4 is 10.1 Å². The molecule has 0 heterocycles. The molecule has 0 unspecified atom stereocenters. The second-order valence-electron chi connectivity index (χ2n) is 6.83. The van der Waals surface area contributed by atoms with Gasteiger partial charge in [0.2, 0.25) is 0 Å². The van der Waals surface area contributed by atoms with Crippen LogP contribution in [-0.4, -0.2) is 15.0 Å². The van der Waals surface area contributed by atoms with Gasteiger partial charge in [-0.2, -0.15) is 8.42 Å². The standard InChI is InChI=1S/C21H36O3S.Fr/c1-2-3-4-5-6-7-8-9-10-11-12-13-17-20-24-25(22,23)21-18-15-14-16-19-21;/h14-16,18-19H,2-13,17,20H2,1H3;. The third-order valence-electron chi connectivity index (χ3n) is 4.52. The summed E-state index contributed by atoms with van der Waals surface area (Å²) in [6, 6.07) is 8.35. The van der Waals surface area contributed by atoms with Crippen molar-refractivity contribution in [1.82, 2.24) is 0 Å². The van der Waals surface area contributed by atoms with E-state index in [1.165, 1.54) is 70.6 Å². The largest absolute Gasteiger partial charge is 0.296 e. The van der Waals surface area contributed by atoms with Gasteiger partial charge in [0.1, 0.15) is 0 Å². The maximum absolute atomic E-state index is 11.9. The molecule has 5 heteroatoms. The van der Waals surface area contributed by atoms with Crippen molar-refractivity contribution in [3.8, 4) is 0 Å². The Kier molecular flexibility index (Phi) is 18.3. The van der Waals surface area contributed by atoms with Crippen molar-refractivity contribution in [1.29, 1.82) is 0 Å². The molecule has 0 aliphatic carbocycles. The Labute approximate surface area is 202 Å². The first-order valence-corrected chi connectivity index (χ1v) is 11.5. The fraction of sp³-hybridized carbons (Fsp3) is 0.714. The predicted octanol–water partition coefficient (Wildman–Crippen LogP) is 6.48. The summed E-state index contributed by atoms with van der Waals surface area (Å²) in [4.78, 5) is 0.240. The van der Waals surface area contributed by atoms with Gasteiger partial charge in [-0.05, 0) is 18.6 Å². The Balaban J connectivity index is 0.00000625. The summed E-state index contributed by atoms with van der Waals surface area (Å²) in [5.74, 6) is 0.